The van der Waals surface area contributed by atoms with Crippen molar-refractivity contribution >= 4 is 40.9 Å². The second kappa shape index (κ2) is 8.33. The SMILES string of the molecule is O=C(/C=C/c1cc(Cl)c2c(c1)OCCO2)N1CCN(c2cccc(Cl)c2)CC1. The number of fused-ring (bicyclic) bond motifs is 1. The van der Waals surface area contributed by atoms with Crippen LogP contribution in [0.15, 0.2) is 42.5 Å². The molecule has 0 unspecified atom stereocenters. The number of hydrogen-bond acceptors (Lipinski definition) is 4. The van der Waals surface area contributed by atoms with Gasteiger partial charge in [0.2, 0.25) is 5.91 Å². The Morgan fingerprint density at radius 1 is 1.00 bits per heavy atom. The Balaban J connectivity index is 1.38. The third-order valence-electron chi connectivity index (χ3n) is 4.80. The van der Waals surface area contributed by atoms with Crippen LogP contribution in [0.2, 0.25) is 10.0 Å². The number of carbonyl (C=O) groups excluding carboxylic acids is 1. The Labute approximate surface area is 174 Å². The molecular weight excluding hydrogens is 399 g/mol. The minimum atomic E-state index is -0.0169. The normalized spacial score (nSPS) is 16.5. The number of ether oxygens (including phenoxy) is 2. The molecule has 2 aromatic carbocycles. The Morgan fingerprint density at radius 2 is 1.79 bits per heavy atom. The topological polar surface area (TPSA) is 42.0 Å². The van der Waals surface area contributed by atoms with Crippen LogP contribution < -0.4 is 14.4 Å². The smallest absolute Gasteiger partial charge is 0.246 e. The van der Waals surface area contributed by atoms with E-state index in [9.17, 15) is 4.79 Å². The highest BCUT2D eigenvalue weighted by Crippen LogP contribution is 2.38. The summed E-state index contributed by atoms with van der Waals surface area (Å²) in [5.74, 6) is 1.16. The molecular formula is C21H20Cl2N2O3. The van der Waals surface area contributed by atoms with Gasteiger partial charge in [0.25, 0.3) is 0 Å². The fraction of sp³-hybridized carbons (Fsp3) is 0.286. The molecule has 0 atom stereocenters. The molecule has 0 radical (unpaired) electrons. The van der Waals surface area contributed by atoms with Gasteiger partial charge >= 0.3 is 0 Å². The lowest BCUT2D eigenvalue weighted by molar-refractivity contribution is -0.126. The molecule has 7 heteroatoms. The zero-order valence-electron chi connectivity index (χ0n) is 15.2. The third kappa shape index (κ3) is 4.21. The zero-order valence-corrected chi connectivity index (χ0v) is 16.7. The molecule has 0 aromatic heterocycles. The molecule has 0 N–H and O–H groups in total. The summed E-state index contributed by atoms with van der Waals surface area (Å²) < 4.78 is 11.1. The lowest BCUT2D eigenvalue weighted by atomic mass is 10.1. The molecule has 1 fully saturated rings. The monoisotopic (exact) mass is 418 g/mol. The van der Waals surface area contributed by atoms with Crippen molar-refractivity contribution in [3.8, 4) is 11.5 Å². The first-order valence-corrected chi connectivity index (χ1v) is 9.92. The van der Waals surface area contributed by atoms with Crippen LogP contribution in [0.4, 0.5) is 5.69 Å². The molecule has 2 aliphatic heterocycles. The van der Waals surface area contributed by atoms with Gasteiger partial charge < -0.3 is 19.3 Å². The second-order valence-electron chi connectivity index (χ2n) is 6.65. The van der Waals surface area contributed by atoms with E-state index in [2.05, 4.69) is 4.90 Å². The average molecular weight is 419 g/mol. The maximum absolute atomic E-state index is 12.6. The fourth-order valence-corrected chi connectivity index (χ4v) is 3.82. The summed E-state index contributed by atoms with van der Waals surface area (Å²) in [6, 6.07) is 11.4. The van der Waals surface area contributed by atoms with Gasteiger partial charge in [-0.25, -0.2) is 0 Å². The van der Waals surface area contributed by atoms with Crippen LogP contribution in [0.5, 0.6) is 11.5 Å². The summed E-state index contributed by atoms with van der Waals surface area (Å²) >= 11 is 12.3. The first kappa shape index (κ1) is 19.0. The number of piperazine rings is 1. The van der Waals surface area contributed by atoms with Crippen LogP contribution in [0.1, 0.15) is 5.56 Å². The van der Waals surface area contributed by atoms with Gasteiger partial charge in [0.1, 0.15) is 13.2 Å². The highest BCUT2D eigenvalue weighted by atomic mass is 35.5. The van der Waals surface area contributed by atoms with Gasteiger partial charge in [-0.3, -0.25) is 4.79 Å². The molecule has 4 rings (SSSR count). The van der Waals surface area contributed by atoms with E-state index in [-0.39, 0.29) is 5.91 Å². The molecule has 0 aliphatic carbocycles. The largest absolute Gasteiger partial charge is 0.486 e. The van der Waals surface area contributed by atoms with E-state index in [1.54, 1.807) is 18.2 Å². The van der Waals surface area contributed by atoms with Gasteiger partial charge in [-0.05, 0) is 42.0 Å². The summed E-state index contributed by atoms with van der Waals surface area (Å²) in [4.78, 5) is 16.6. The van der Waals surface area contributed by atoms with Crippen LogP contribution in [-0.2, 0) is 4.79 Å². The average Bonchev–Trinajstić information content (AvgIpc) is 2.72. The molecule has 28 heavy (non-hydrogen) atoms. The Bertz CT molecular complexity index is 909. The van der Waals surface area contributed by atoms with Crippen LogP contribution in [-0.4, -0.2) is 50.2 Å². The summed E-state index contributed by atoms with van der Waals surface area (Å²) in [7, 11) is 0. The van der Waals surface area contributed by atoms with Crippen molar-refractivity contribution in [1.29, 1.82) is 0 Å². The summed E-state index contributed by atoms with van der Waals surface area (Å²) in [6.07, 6.45) is 3.34. The molecule has 2 heterocycles. The minimum Gasteiger partial charge on any atom is -0.486 e. The summed E-state index contributed by atoms with van der Waals surface area (Å²) in [6.45, 7) is 3.86. The van der Waals surface area contributed by atoms with Gasteiger partial charge in [0, 0.05) is 43.0 Å². The predicted octanol–water partition coefficient (Wildman–Crippen LogP) is 4.13. The van der Waals surface area contributed by atoms with Crippen LogP contribution in [0, 0.1) is 0 Å². The van der Waals surface area contributed by atoms with Crippen molar-refractivity contribution < 1.29 is 14.3 Å². The van der Waals surface area contributed by atoms with E-state index in [0.717, 1.165) is 29.4 Å². The maximum atomic E-state index is 12.6. The van der Waals surface area contributed by atoms with Gasteiger partial charge in [0.15, 0.2) is 11.5 Å². The summed E-state index contributed by atoms with van der Waals surface area (Å²) in [5, 5.41) is 1.21. The molecule has 1 amide bonds. The number of nitrogens with zero attached hydrogens (tertiary/aromatic N) is 2. The number of benzene rings is 2. The van der Waals surface area contributed by atoms with E-state index in [1.165, 1.54) is 0 Å². The number of amides is 1. The number of hydrogen-bond donors (Lipinski definition) is 0. The molecule has 2 aromatic rings. The van der Waals surface area contributed by atoms with E-state index >= 15 is 0 Å². The number of rotatable bonds is 3. The van der Waals surface area contributed by atoms with Crippen molar-refractivity contribution in [3.63, 3.8) is 0 Å². The molecule has 0 spiro atoms. The van der Waals surface area contributed by atoms with Gasteiger partial charge in [-0.15, -0.1) is 0 Å². The standard InChI is InChI=1S/C21H20Cl2N2O3/c22-16-2-1-3-17(14-16)24-6-8-25(9-7-24)20(26)5-4-15-12-18(23)21-19(13-15)27-10-11-28-21/h1-5,12-14H,6-11H2/b5-4+. The van der Waals surface area contributed by atoms with Crippen molar-refractivity contribution in [2.75, 3.05) is 44.3 Å². The first-order valence-electron chi connectivity index (χ1n) is 9.17. The van der Waals surface area contributed by atoms with Gasteiger partial charge in [-0.1, -0.05) is 29.3 Å². The lowest BCUT2D eigenvalue weighted by Crippen LogP contribution is -2.48. The van der Waals surface area contributed by atoms with E-state index in [4.69, 9.17) is 32.7 Å². The molecule has 146 valence electrons. The highest BCUT2D eigenvalue weighted by molar-refractivity contribution is 6.32. The Morgan fingerprint density at radius 3 is 2.57 bits per heavy atom. The Hall–Kier alpha value is -2.37. The van der Waals surface area contributed by atoms with Gasteiger partial charge in [-0.2, -0.15) is 0 Å². The zero-order chi connectivity index (χ0) is 19.5. The lowest BCUT2D eigenvalue weighted by Gasteiger charge is -2.35. The molecule has 0 saturated carbocycles. The Kier molecular flexibility index (Phi) is 5.64. The number of anilines is 1. The fourth-order valence-electron chi connectivity index (χ4n) is 3.36. The second-order valence-corrected chi connectivity index (χ2v) is 7.50. The minimum absolute atomic E-state index is 0.0169. The van der Waals surface area contributed by atoms with Crippen molar-refractivity contribution in [2.45, 2.75) is 0 Å². The third-order valence-corrected chi connectivity index (χ3v) is 5.32. The molecule has 0 bridgehead atoms. The molecule has 2 aliphatic rings. The quantitative estimate of drug-likeness (QED) is 0.702. The van der Waals surface area contributed by atoms with Crippen LogP contribution >= 0.6 is 23.2 Å². The van der Waals surface area contributed by atoms with Crippen molar-refractivity contribution in [3.05, 3.63) is 58.1 Å². The van der Waals surface area contributed by atoms with Crippen LogP contribution in [0.3, 0.4) is 0 Å². The predicted molar refractivity (Wildman–Crippen MR) is 112 cm³/mol. The summed E-state index contributed by atoms with van der Waals surface area (Å²) in [5.41, 5.74) is 1.89. The molecule has 5 nitrogen and oxygen atoms in total. The van der Waals surface area contributed by atoms with E-state index in [1.807, 2.05) is 35.2 Å². The first-order chi connectivity index (χ1) is 13.6. The van der Waals surface area contributed by atoms with E-state index in [0.29, 0.717) is 42.8 Å². The van der Waals surface area contributed by atoms with E-state index < -0.39 is 0 Å². The molecule has 1 saturated heterocycles. The maximum Gasteiger partial charge on any atom is 0.246 e. The number of halogens is 2. The van der Waals surface area contributed by atoms with Crippen LogP contribution in [0.25, 0.3) is 6.08 Å². The number of carbonyl (C=O) groups is 1. The highest BCUT2D eigenvalue weighted by Gasteiger charge is 2.20. The van der Waals surface area contributed by atoms with Crippen molar-refractivity contribution in [2.24, 2.45) is 0 Å². The van der Waals surface area contributed by atoms with Crippen molar-refractivity contribution in [1.82, 2.24) is 4.90 Å². The van der Waals surface area contributed by atoms with Gasteiger partial charge in [0.05, 0.1) is 5.02 Å².